The zero-order valence-electron chi connectivity index (χ0n) is 7.09. The van der Waals surface area contributed by atoms with E-state index in [-0.39, 0.29) is 61.2 Å². The van der Waals surface area contributed by atoms with Crippen molar-refractivity contribution in [3.05, 3.63) is 17.7 Å². The van der Waals surface area contributed by atoms with Gasteiger partial charge in [0.1, 0.15) is 11.5 Å². The first-order chi connectivity index (χ1) is 5.52. The van der Waals surface area contributed by atoms with Crippen LogP contribution in [-0.2, 0) is 0 Å². The van der Waals surface area contributed by atoms with Gasteiger partial charge < -0.3 is 49.9 Å². The van der Waals surface area contributed by atoms with E-state index in [0.29, 0.717) is 0 Å². The van der Waals surface area contributed by atoms with Crippen molar-refractivity contribution in [3.8, 4) is 17.2 Å². The Morgan fingerprint density at radius 1 is 1.20 bits per heavy atom. The average Bonchev–Trinajstić information content (AvgIpc) is 1.99. The SMILES string of the molecule is O=C(O)c1cc(O)c([O-])c(O)c1.[Bi+3].[I-].[OH-]. The smallest absolute Gasteiger partial charge is 1.00 e. The van der Waals surface area contributed by atoms with E-state index in [2.05, 4.69) is 0 Å². The van der Waals surface area contributed by atoms with E-state index in [1.54, 1.807) is 0 Å². The molecule has 0 bridgehead atoms. The van der Waals surface area contributed by atoms with E-state index in [0.717, 1.165) is 12.1 Å². The van der Waals surface area contributed by atoms with Gasteiger partial charge in [0.05, 0.1) is 5.56 Å². The molecule has 1 aromatic carbocycles. The maximum absolute atomic E-state index is 10.7. The molecule has 8 heteroatoms. The number of rotatable bonds is 1. The quantitative estimate of drug-likeness (QED) is 0.258. The second kappa shape index (κ2) is 7.89. The first-order valence-corrected chi connectivity index (χ1v) is 2.98. The van der Waals surface area contributed by atoms with Gasteiger partial charge in [0, 0.05) is 0 Å². The van der Waals surface area contributed by atoms with Crippen molar-refractivity contribution in [2.75, 3.05) is 0 Å². The molecule has 0 saturated carbocycles. The van der Waals surface area contributed by atoms with Gasteiger partial charge in [0.25, 0.3) is 0 Å². The number of carboxylic acids is 1. The average molecular weight is 522 g/mol. The standard InChI is InChI=1S/C7H6O5.Bi.HI.H2O/c8-4-1-3(7(11)12)2-5(9)6(4)10;;;/h1-2,8-10H,(H,11,12);;1H;1H2/q;+3;;/p-3. The molecule has 0 aliphatic rings. The Balaban J connectivity index is -0.000000480. The summed E-state index contributed by atoms with van der Waals surface area (Å²) in [7, 11) is 0. The third kappa shape index (κ3) is 4.81. The predicted octanol–water partition coefficient (Wildman–Crippen LogP) is -3.68. The van der Waals surface area contributed by atoms with Crippen LogP contribution in [0.1, 0.15) is 10.4 Å². The largest absolute Gasteiger partial charge is 3.00 e. The van der Waals surface area contributed by atoms with E-state index < -0.39 is 23.2 Å². The summed E-state index contributed by atoms with van der Waals surface area (Å²) in [5.41, 5.74) is -0.329. The second-order valence-corrected chi connectivity index (χ2v) is 2.15. The Labute approximate surface area is 121 Å². The number of phenolic OH excluding ortho intramolecular Hbond substituents is 2. The summed E-state index contributed by atoms with van der Waals surface area (Å²) < 4.78 is 0. The molecule has 0 atom stereocenters. The van der Waals surface area contributed by atoms with Gasteiger partial charge in [0.15, 0.2) is 0 Å². The Bertz CT molecular complexity index is 319. The third-order valence-electron chi connectivity index (χ3n) is 1.30. The van der Waals surface area contributed by atoms with E-state index in [1.807, 2.05) is 0 Å². The van der Waals surface area contributed by atoms with E-state index in [4.69, 9.17) is 15.3 Å². The number of carboxylic acid groups (broad SMARTS) is 1. The Morgan fingerprint density at radius 2 is 1.53 bits per heavy atom. The summed E-state index contributed by atoms with van der Waals surface area (Å²) in [6.07, 6.45) is 0. The minimum atomic E-state index is -1.32. The summed E-state index contributed by atoms with van der Waals surface area (Å²) in [6.45, 7) is 0. The van der Waals surface area contributed by atoms with Crippen molar-refractivity contribution >= 4 is 32.2 Å². The van der Waals surface area contributed by atoms with Gasteiger partial charge in [0.2, 0.25) is 0 Å². The van der Waals surface area contributed by atoms with Crippen molar-refractivity contribution in [2.45, 2.75) is 0 Å². The van der Waals surface area contributed by atoms with Crippen LogP contribution < -0.4 is 29.1 Å². The molecule has 0 aliphatic heterocycles. The Kier molecular flexibility index (Phi) is 10.6. The van der Waals surface area contributed by atoms with Gasteiger partial charge in [-0.15, -0.1) is 0 Å². The fraction of sp³-hybridized carbons (Fsp3) is 0. The molecule has 15 heavy (non-hydrogen) atoms. The van der Waals surface area contributed by atoms with Crippen LogP contribution in [-0.4, -0.2) is 53.0 Å². The zero-order chi connectivity index (χ0) is 9.30. The number of hydrogen-bond donors (Lipinski definition) is 3. The van der Waals surface area contributed by atoms with Crippen molar-refractivity contribution in [1.29, 1.82) is 0 Å². The van der Waals surface area contributed by atoms with Gasteiger partial charge in [-0.1, -0.05) is 0 Å². The number of carbonyl (C=O) groups is 1. The maximum Gasteiger partial charge on any atom is 3.00 e. The number of aromatic carboxylic acids is 1. The number of benzene rings is 1. The minimum absolute atomic E-state index is 0. The number of phenols is 2. The van der Waals surface area contributed by atoms with Crippen molar-refractivity contribution in [2.24, 2.45) is 0 Å². The van der Waals surface area contributed by atoms with Crippen LogP contribution in [0.3, 0.4) is 0 Å². The summed E-state index contributed by atoms with van der Waals surface area (Å²) in [5, 5.41) is 36.6. The van der Waals surface area contributed by atoms with Gasteiger partial charge >= 0.3 is 32.2 Å². The normalized spacial score (nSPS) is 7.73. The van der Waals surface area contributed by atoms with E-state index >= 15 is 0 Å². The van der Waals surface area contributed by atoms with Gasteiger partial charge in [-0.2, -0.15) is 0 Å². The molecular weight excluding hydrogens is 516 g/mol. The maximum atomic E-state index is 10.7. The van der Waals surface area contributed by atoms with Crippen LogP contribution in [0.4, 0.5) is 0 Å². The number of halogens is 1. The summed E-state index contributed by atoms with van der Waals surface area (Å²) in [6, 6.07) is 1.56. The van der Waals surface area contributed by atoms with E-state index in [9.17, 15) is 9.90 Å². The summed E-state index contributed by atoms with van der Waals surface area (Å²) in [4.78, 5) is 10.3. The Hall–Kier alpha value is -0.337. The van der Waals surface area contributed by atoms with Crippen LogP contribution in [0, 0.1) is 0 Å². The molecule has 4 N–H and O–H groups in total. The number of hydrogen-bond acceptors (Lipinski definition) is 5. The third-order valence-corrected chi connectivity index (χ3v) is 1.30. The first-order valence-electron chi connectivity index (χ1n) is 2.98. The second-order valence-electron chi connectivity index (χ2n) is 2.15. The molecule has 1 aromatic rings. The van der Waals surface area contributed by atoms with Crippen molar-refractivity contribution < 1.29 is 54.7 Å². The summed E-state index contributed by atoms with van der Waals surface area (Å²) >= 11 is 0. The fourth-order valence-corrected chi connectivity index (χ4v) is 0.722. The summed E-state index contributed by atoms with van der Waals surface area (Å²) in [5.74, 6) is -3.83. The molecule has 0 fully saturated rings. The zero-order valence-corrected chi connectivity index (χ0v) is 12.7. The Morgan fingerprint density at radius 3 is 1.80 bits per heavy atom. The van der Waals surface area contributed by atoms with Crippen molar-refractivity contribution in [1.82, 2.24) is 0 Å². The van der Waals surface area contributed by atoms with Crippen molar-refractivity contribution in [3.63, 3.8) is 0 Å². The van der Waals surface area contributed by atoms with Gasteiger partial charge in [-0.25, -0.2) is 4.79 Å². The molecule has 0 spiro atoms. The molecule has 0 aromatic heterocycles. The van der Waals surface area contributed by atoms with E-state index in [1.165, 1.54) is 0 Å². The fourth-order valence-electron chi connectivity index (χ4n) is 0.722. The van der Waals surface area contributed by atoms with Gasteiger partial charge in [-0.05, 0) is 17.9 Å². The molecule has 0 unspecified atom stereocenters. The molecule has 0 saturated heterocycles. The molecule has 0 amide bonds. The van der Waals surface area contributed by atoms with Crippen LogP contribution in [0.25, 0.3) is 0 Å². The van der Waals surface area contributed by atoms with Crippen LogP contribution in [0.5, 0.6) is 17.2 Å². The molecule has 0 heterocycles. The number of aromatic hydroxyl groups is 2. The molecule has 1 rings (SSSR count). The van der Waals surface area contributed by atoms with Crippen LogP contribution in [0.2, 0.25) is 0 Å². The minimum Gasteiger partial charge on any atom is -1.00 e. The molecule has 2 radical (unpaired) electrons. The molecular formula is C7H6BiIO6. The first kappa shape index (κ1) is 20.1. The molecule has 0 aliphatic carbocycles. The topological polar surface area (TPSA) is 131 Å². The molecule has 82 valence electrons. The van der Waals surface area contributed by atoms with Crippen LogP contribution >= 0.6 is 0 Å². The van der Waals surface area contributed by atoms with Crippen LogP contribution in [0.15, 0.2) is 12.1 Å². The van der Waals surface area contributed by atoms with Gasteiger partial charge in [-0.3, -0.25) is 0 Å². The molecule has 6 nitrogen and oxygen atoms in total. The monoisotopic (exact) mass is 522 g/mol. The predicted molar refractivity (Wildman–Crippen MR) is 43.9 cm³/mol.